The number of nitrogens with zero attached hydrogens (tertiary/aromatic N) is 2. The summed E-state index contributed by atoms with van der Waals surface area (Å²) in [5.74, 6) is -0.0612. The van der Waals surface area contributed by atoms with E-state index in [2.05, 4.69) is 15.2 Å². The van der Waals surface area contributed by atoms with Crippen molar-refractivity contribution in [1.29, 1.82) is 0 Å². The summed E-state index contributed by atoms with van der Waals surface area (Å²) in [5.41, 5.74) is 0.566. The fourth-order valence-corrected chi connectivity index (χ4v) is 4.29. The molecule has 0 unspecified atom stereocenters. The van der Waals surface area contributed by atoms with Gasteiger partial charge in [0.25, 0.3) is 0 Å². The van der Waals surface area contributed by atoms with Gasteiger partial charge in [-0.25, -0.2) is 4.98 Å². The van der Waals surface area contributed by atoms with Crippen molar-refractivity contribution in [2.24, 2.45) is 0 Å². The van der Waals surface area contributed by atoms with Crippen LogP contribution in [0.25, 0.3) is 10.2 Å². The number of nitrogens with one attached hydrogen (secondary N) is 1. The van der Waals surface area contributed by atoms with Gasteiger partial charge in [-0.1, -0.05) is 17.4 Å². The summed E-state index contributed by atoms with van der Waals surface area (Å²) >= 11 is 1.51. The Kier molecular flexibility index (Phi) is 4.59. The Labute approximate surface area is 158 Å². The Hall–Kier alpha value is -2.48. The van der Waals surface area contributed by atoms with Crippen molar-refractivity contribution in [3.63, 3.8) is 0 Å². The van der Waals surface area contributed by atoms with Gasteiger partial charge in [0.1, 0.15) is 5.52 Å². The molecule has 1 fully saturated rings. The highest BCUT2D eigenvalue weighted by molar-refractivity contribution is 7.22. The van der Waals surface area contributed by atoms with E-state index < -0.39 is 11.7 Å². The standard InChI is InChI=1S/C19H17F3N3OS/c20-19(21,22)12-4-6-13(7-5-12)23-14-8-10-25(11-9-14)18-24-17-15(26)2-1-3-16(17)27-18/h1-7,14,23H,8-11H2. The molecule has 4 rings (SSSR count). The number of benzene rings is 2. The van der Waals surface area contributed by atoms with E-state index in [9.17, 15) is 18.3 Å². The highest BCUT2D eigenvalue weighted by atomic mass is 32.1. The molecular weight excluding hydrogens is 375 g/mol. The predicted molar refractivity (Wildman–Crippen MR) is 100 cm³/mol. The van der Waals surface area contributed by atoms with Crippen LogP contribution in [0.4, 0.5) is 24.0 Å². The minimum atomic E-state index is -4.31. The van der Waals surface area contributed by atoms with Gasteiger partial charge in [0.15, 0.2) is 5.13 Å². The lowest BCUT2D eigenvalue weighted by Crippen LogP contribution is -2.39. The van der Waals surface area contributed by atoms with E-state index in [4.69, 9.17) is 0 Å². The van der Waals surface area contributed by atoms with Gasteiger partial charge in [-0.2, -0.15) is 13.2 Å². The molecule has 1 N–H and O–H groups in total. The van der Waals surface area contributed by atoms with Gasteiger partial charge < -0.3 is 10.2 Å². The van der Waals surface area contributed by atoms with Gasteiger partial charge in [0, 0.05) is 24.8 Å². The number of hydrogen-bond donors (Lipinski definition) is 1. The van der Waals surface area contributed by atoms with Crippen LogP contribution in [0.2, 0.25) is 0 Å². The summed E-state index contributed by atoms with van der Waals surface area (Å²) in [6, 6.07) is 10.5. The number of alkyl halides is 3. The number of fused-ring (bicyclic) bond motifs is 1. The molecule has 0 amide bonds. The van der Waals surface area contributed by atoms with Gasteiger partial charge in [0.05, 0.1) is 10.3 Å². The molecule has 1 aliphatic heterocycles. The largest absolute Gasteiger partial charge is 0.416 e. The molecule has 2 heterocycles. The third kappa shape index (κ3) is 3.80. The molecule has 8 heteroatoms. The van der Waals surface area contributed by atoms with Crippen LogP contribution in [0.1, 0.15) is 18.4 Å². The maximum Gasteiger partial charge on any atom is 0.416 e. The zero-order valence-electron chi connectivity index (χ0n) is 14.3. The molecule has 1 aliphatic rings. The lowest BCUT2D eigenvalue weighted by atomic mass is 10.0. The maximum absolute atomic E-state index is 12.6. The molecular formula is C19H17F3N3OS. The van der Waals surface area contributed by atoms with Crippen molar-refractivity contribution in [2.75, 3.05) is 23.3 Å². The van der Waals surface area contributed by atoms with Crippen LogP contribution >= 0.6 is 11.3 Å². The lowest BCUT2D eigenvalue weighted by Gasteiger charge is -2.32. The topological polar surface area (TPSA) is 48.1 Å². The van der Waals surface area contributed by atoms with Gasteiger partial charge >= 0.3 is 6.18 Å². The molecule has 1 radical (unpaired) electrons. The van der Waals surface area contributed by atoms with Gasteiger partial charge in [-0.15, -0.1) is 0 Å². The molecule has 0 atom stereocenters. The van der Waals surface area contributed by atoms with E-state index in [1.165, 1.54) is 29.5 Å². The Morgan fingerprint density at radius 3 is 2.41 bits per heavy atom. The fraction of sp³-hybridized carbons (Fsp3) is 0.316. The van der Waals surface area contributed by atoms with E-state index in [-0.39, 0.29) is 11.8 Å². The van der Waals surface area contributed by atoms with Crippen molar-refractivity contribution >= 4 is 32.4 Å². The lowest BCUT2D eigenvalue weighted by molar-refractivity contribution is -0.137. The zero-order valence-corrected chi connectivity index (χ0v) is 15.1. The van der Waals surface area contributed by atoms with Crippen LogP contribution in [0.15, 0.2) is 42.5 Å². The number of hydrogen-bond acceptors (Lipinski definition) is 4. The van der Waals surface area contributed by atoms with Crippen molar-refractivity contribution in [2.45, 2.75) is 25.1 Å². The van der Waals surface area contributed by atoms with Crippen LogP contribution in [0, 0.1) is 0 Å². The van der Waals surface area contributed by atoms with Crippen molar-refractivity contribution in [3.05, 3.63) is 48.0 Å². The molecule has 1 saturated heterocycles. The van der Waals surface area contributed by atoms with E-state index in [1.807, 2.05) is 6.07 Å². The molecule has 141 valence electrons. The third-order valence-corrected chi connectivity index (χ3v) is 5.80. The number of halogens is 3. The van der Waals surface area contributed by atoms with Gasteiger partial charge in [-0.05, 0) is 49.2 Å². The molecule has 0 saturated carbocycles. The molecule has 0 bridgehead atoms. The summed E-state index contributed by atoms with van der Waals surface area (Å²) < 4.78 is 38.8. The maximum atomic E-state index is 12.6. The van der Waals surface area contributed by atoms with E-state index >= 15 is 0 Å². The first-order valence-electron chi connectivity index (χ1n) is 8.65. The summed E-state index contributed by atoms with van der Waals surface area (Å²) in [7, 11) is 0. The van der Waals surface area contributed by atoms with E-state index in [1.54, 1.807) is 6.07 Å². The first-order valence-corrected chi connectivity index (χ1v) is 9.47. The van der Waals surface area contributed by atoms with Crippen LogP contribution < -0.4 is 10.2 Å². The second-order valence-corrected chi connectivity index (χ2v) is 7.59. The van der Waals surface area contributed by atoms with E-state index in [0.29, 0.717) is 11.2 Å². The zero-order chi connectivity index (χ0) is 19.0. The fourth-order valence-electron chi connectivity index (χ4n) is 3.25. The average molecular weight is 392 g/mol. The molecule has 2 aromatic carbocycles. The molecule has 0 spiro atoms. The molecule has 1 aromatic heterocycles. The minimum Gasteiger partial charge on any atom is -0.382 e. The summed E-state index contributed by atoms with van der Waals surface area (Å²) in [4.78, 5) is 6.64. The molecule has 27 heavy (non-hydrogen) atoms. The van der Waals surface area contributed by atoms with Crippen LogP contribution in [-0.4, -0.2) is 24.1 Å². The number of aromatic nitrogens is 1. The Morgan fingerprint density at radius 1 is 1.07 bits per heavy atom. The highest BCUT2D eigenvalue weighted by Gasteiger charge is 2.30. The number of para-hydroxylation sites is 1. The van der Waals surface area contributed by atoms with Crippen LogP contribution in [-0.2, 0) is 11.3 Å². The molecule has 0 aliphatic carbocycles. The van der Waals surface area contributed by atoms with Gasteiger partial charge in [-0.3, -0.25) is 5.11 Å². The van der Waals surface area contributed by atoms with Gasteiger partial charge in [0.2, 0.25) is 5.75 Å². The van der Waals surface area contributed by atoms with Crippen molar-refractivity contribution < 1.29 is 18.3 Å². The summed E-state index contributed by atoms with van der Waals surface area (Å²) in [6.45, 7) is 1.57. The number of piperidine rings is 1. The highest BCUT2D eigenvalue weighted by Crippen LogP contribution is 2.35. The summed E-state index contributed by atoms with van der Waals surface area (Å²) in [5, 5.41) is 16.0. The van der Waals surface area contributed by atoms with Crippen molar-refractivity contribution in [1.82, 2.24) is 4.98 Å². The molecule has 3 aromatic rings. The Morgan fingerprint density at radius 2 is 1.78 bits per heavy atom. The first-order chi connectivity index (χ1) is 12.9. The van der Waals surface area contributed by atoms with Crippen molar-refractivity contribution in [3.8, 4) is 5.75 Å². The second-order valence-electron chi connectivity index (χ2n) is 6.58. The second kappa shape index (κ2) is 6.92. The Bertz CT molecular complexity index is 932. The monoisotopic (exact) mass is 392 g/mol. The smallest absolute Gasteiger partial charge is 0.382 e. The van der Waals surface area contributed by atoms with Crippen LogP contribution in [0.5, 0.6) is 5.75 Å². The minimum absolute atomic E-state index is 0.0612. The number of thiazole rings is 1. The third-order valence-electron chi connectivity index (χ3n) is 4.72. The van der Waals surface area contributed by atoms with Crippen LogP contribution in [0.3, 0.4) is 0 Å². The van der Waals surface area contributed by atoms with E-state index in [0.717, 1.165) is 47.9 Å². The molecule has 4 nitrogen and oxygen atoms in total. The first kappa shape index (κ1) is 17.9. The summed E-state index contributed by atoms with van der Waals surface area (Å²) in [6.07, 6.45) is -2.62. The predicted octanol–water partition coefficient (Wildman–Crippen LogP) is 5.54. The number of rotatable bonds is 3. The quantitative estimate of drug-likeness (QED) is 0.637. The Balaban J connectivity index is 1.38. The SMILES string of the molecule is [O]c1cccc2sc(N3CCC(Nc4ccc(C(F)(F)F)cc4)CC3)nc12. The normalized spacial score (nSPS) is 16.0. The number of anilines is 2. The average Bonchev–Trinajstić information content (AvgIpc) is 3.08.